The molecule has 2 aromatic rings. The molecule has 4 heteroatoms. The fraction of sp³-hybridized carbons (Fsp3) is 0.400. The lowest BCUT2D eigenvalue weighted by Crippen LogP contribution is -2.38. The van der Waals surface area contributed by atoms with Gasteiger partial charge < -0.3 is 14.9 Å². The van der Waals surface area contributed by atoms with Crippen LogP contribution in [0.25, 0.3) is 11.1 Å². The number of benzene rings is 2. The molecular weight excluding hydrogens is 302 g/mol. The Morgan fingerprint density at radius 1 is 1.17 bits per heavy atom. The summed E-state index contributed by atoms with van der Waals surface area (Å²) in [6, 6.07) is 8.02. The number of ether oxygens (including phenoxy) is 1. The first kappa shape index (κ1) is 15.3. The zero-order valence-corrected chi connectivity index (χ0v) is 14.2. The molecule has 1 aliphatic heterocycles. The Labute approximate surface area is 142 Å². The van der Waals surface area contributed by atoms with Crippen molar-refractivity contribution in [2.75, 3.05) is 19.7 Å². The summed E-state index contributed by atoms with van der Waals surface area (Å²) in [5.74, 6) is 0.756. The van der Waals surface area contributed by atoms with Gasteiger partial charge in [0.1, 0.15) is 5.75 Å². The molecule has 0 spiro atoms. The van der Waals surface area contributed by atoms with E-state index in [4.69, 9.17) is 4.74 Å². The highest BCUT2D eigenvalue weighted by Crippen LogP contribution is 2.51. The second kappa shape index (κ2) is 5.71. The van der Waals surface area contributed by atoms with Gasteiger partial charge in [-0.3, -0.25) is 4.90 Å². The molecule has 24 heavy (non-hydrogen) atoms. The number of likely N-dealkylation sites (N-methyl/N-ethyl adjacent to an activating group) is 1. The summed E-state index contributed by atoms with van der Waals surface area (Å²) in [6.45, 7) is 6.84. The van der Waals surface area contributed by atoms with Gasteiger partial charge in [0, 0.05) is 18.2 Å². The molecule has 126 valence electrons. The van der Waals surface area contributed by atoms with Crippen molar-refractivity contribution in [1.29, 1.82) is 0 Å². The highest BCUT2D eigenvalue weighted by Gasteiger charge is 2.35. The number of nitrogens with zero attached hydrogens (tertiary/aromatic N) is 1. The number of rotatable bonds is 3. The number of phenolic OH excluding ortho intramolecular Hbond substituents is 2. The van der Waals surface area contributed by atoms with Gasteiger partial charge in [-0.1, -0.05) is 13.0 Å². The minimum absolute atomic E-state index is 0.0181. The molecule has 2 aliphatic rings. The molecule has 0 bridgehead atoms. The third-order valence-corrected chi connectivity index (χ3v) is 5.32. The summed E-state index contributed by atoms with van der Waals surface area (Å²) in [7, 11) is 0. The Balaban J connectivity index is 1.99. The molecule has 0 unspecified atom stereocenters. The highest BCUT2D eigenvalue weighted by molar-refractivity contribution is 5.83. The molecular formula is C20H23NO3. The van der Waals surface area contributed by atoms with Crippen molar-refractivity contribution >= 4 is 0 Å². The molecule has 4 nitrogen and oxygen atoms in total. The van der Waals surface area contributed by atoms with Gasteiger partial charge in [0.05, 0.1) is 6.61 Å². The van der Waals surface area contributed by atoms with Crippen molar-refractivity contribution in [3.63, 3.8) is 0 Å². The van der Waals surface area contributed by atoms with Crippen molar-refractivity contribution in [2.45, 2.75) is 32.7 Å². The van der Waals surface area contributed by atoms with E-state index in [1.165, 1.54) is 11.1 Å². The fourth-order valence-corrected chi connectivity index (χ4v) is 4.25. The molecule has 1 aliphatic carbocycles. The van der Waals surface area contributed by atoms with Crippen molar-refractivity contribution < 1.29 is 14.9 Å². The van der Waals surface area contributed by atoms with Crippen LogP contribution in [0.1, 0.15) is 36.6 Å². The maximum atomic E-state index is 10.5. The van der Waals surface area contributed by atoms with Gasteiger partial charge in [0.15, 0.2) is 11.5 Å². The van der Waals surface area contributed by atoms with Crippen LogP contribution in [0.15, 0.2) is 24.3 Å². The van der Waals surface area contributed by atoms with E-state index in [0.29, 0.717) is 12.6 Å². The van der Waals surface area contributed by atoms with Gasteiger partial charge >= 0.3 is 0 Å². The Morgan fingerprint density at radius 3 is 2.75 bits per heavy atom. The van der Waals surface area contributed by atoms with Crippen LogP contribution >= 0.6 is 0 Å². The normalized spacial score (nSPS) is 18.8. The summed E-state index contributed by atoms with van der Waals surface area (Å²) in [5.41, 5.74) is 5.46. The average molecular weight is 325 g/mol. The maximum Gasteiger partial charge on any atom is 0.165 e. The Kier molecular flexibility index (Phi) is 3.65. The van der Waals surface area contributed by atoms with Crippen LogP contribution in [-0.4, -0.2) is 34.8 Å². The Bertz CT molecular complexity index is 800. The molecule has 4 rings (SSSR count). The lowest BCUT2D eigenvalue weighted by Gasteiger charge is -2.41. The summed E-state index contributed by atoms with van der Waals surface area (Å²) in [5, 5.41) is 20.5. The lowest BCUT2D eigenvalue weighted by atomic mass is 9.76. The first-order valence-electron chi connectivity index (χ1n) is 8.71. The van der Waals surface area contributed by atoms with Crippen molar-refractivity contribution in [3.8, 4) is 28.4 Å². The van der Waals surface area contributed by atoms with Crippen molar-refractivity contribution in [3.05, 3.63) is 41.0 Å². The first-order chi connectivity index (χ1) is 11.6. The van der Waals surface area contributed by atoms with Gasteiger partial charge in [0.25, 0.3) is 0 Å². The molecule has 0 aromatic heterocycles. The quantitative estimate of drug-likeness (QED) is 0.846. The molecule has 0 saturated heterocycles. The molecule has 0 saturated carbocycles. The van der Waals surface area contributed by atoms with Gasteiger partial charge in [-0.2, -0.15) is 0 Å². The largest absolute Gasteiger partial charge is 0.504 e. The molecule has 2 aromatic carbocycles. The first-order valence-corrected chi connectivity index (χ1v) is 8.71. The number of fused-ring (bicyclic) bond motifs is 2. The van der Waals surface area contributed by atoms with Gasteiger partial charge in [-0.25, -0.2) is 0 Å². The summed E-state index contributed by atoms with van der Waals surface area (Å²) < 4.78 is 5.75. The van der Waals surface area contributed by atoms with Crippen LogP contribution in [0.3, 0.4) is 0 Å². The zero-order valence-electron chi connectivity index (χ0n) is 14.2. The van der Waals surface area contributed by atoms with Crippen molar-refractivity contribution in [2.24, 2.45) is 0 Å². The number of aromatic hydroxyl groups is 2. The molecule has 1 atom stereocenters. The lowest BCUT2D eigenvalue weighted by molar-refractivity contribution is 0.192. The Hall–Kier alpha value is -2.20. The van der Waals surface area contributed by atoms with Crippen LogP contribution < -0.4 is 4.74 Å². The monoisotopic (exact) mass is 325 g/mol. The molecule has 0 fully saturated rings. The van der Waals surface area contributed by atoms with Crippen LogP contribution in [0.5, 0.6) is 17.2 Å². The summed E-state index contributed by atoms with van der Waals surface area (Å²) in [4.78, 5) is 2.50. The third-order valence-electron chi connectivity index (χ3n) is 5.32. The van der Waals surface area contributed by atoms with E-state index in [9.17, 15) is 10.2 Å². The second-order valence-electron chi connectivity index (χ2n) is 6.54. The topological polar surface area (TPSA) is 52.9 Å². The standard InChI is InChI=1S/C20H23NO3/c1-3-21-8-7-13-9-14(24-4-2)11-15-18(13)16(21)10-12-5-6-17(22)20(23)19(12)15/h5-6,9,11,16,22-23H,3-4,7-8,10H2,1-2H3/t16-/m1/s1. The predicted molar refractivity (Wildman–Crippen MR) is 93.8 cm³/mol. The Morgan fingerprint density at radius 2 is 2.00 bits per heavy atom. The minimum atomic E-state index is -0.0640. The van der Waals surface area contributed by atoms with Gasteiger partial charge in [-0.05, 0) is 66.8 Å². The van der Waals surface area contributed by atoms with E-state index in [2.05, 4.69) is 17.9 Å². The van der Waals surface area contributed by atoms with E-state index >= 15 is 0 Å². The molecule has 0 radical (unpaired) electrons. The van der Waals surface area contributed by atoms with Crippen LogP contribution in [0.2, 0.25) is 0 Å². The van der Waals surface area contributed by atoms with Gasteiger partial charge in [0.2, 0.25) is 0 Å². The predicted octanol–water partition coefficient (Wildman–Crippen LogP) is 3.64. The van der Waals surface area contributed by atoms with Crippen molar-refractivity contribution in [1.82, 2.24) is 4.90 Å². The zero-order chi connectivity index (χ0) is 16.8. The van der Waals surface area contributed by atoms with Crippen LogP contribution in [-0.2, 0) is 12.8 Å². The van der Waals surface area contributed by atoms with E-state index < -0.39 is 0 Å². The maximum absolute atomic E-state index is 10.5. The third kappa shape index (κ3) is 2.17. The average Bonchev–Trinajstić information content (AvgIpc) is 2.58. The molecule has 2 N–H and O–H groups in total. The van der Waals surface area contributed by atoms with Gasteiger partial charge in [-0.15, -0.1) is 0 Å². The van der Waals surface area contributed by atoms with E-state index in [0.717, 1.165) is 48.4 Å². The SMILES string of the molecule is CCOc1cc2c3c(c1)-c1c(ccc(O)c1O)C[C@H]3N(CC)CC2. The summed E-state index contributed by atoms with van der Waals surface area (Å²) >= 11 is 0. The number of hydrogen-bond acceptors (Lipinski definition) is 4. The van der Waals surface area contributed by atoms with E-state index in [-0.39, 0.29) is 11.5 Å². The summed E-state index contributed by atoms with van der Waals surface area (Å²) in [6.07, 6.45) is 1.85. The van der Waals surface area contributed by atoms with E-state index in [1.54, 1.807) is 6.07 Å². The number of phenols is 2. The van der Waals surface area contributed by atoms with Crippen LogP contribution in [0, 0.1) is 0 Å². The fourth-order valence-electron chi connectivity index (χ4n) is 4.25. The van der Waals surface area contributed by atoms with Crippen LogP contribution in [0.4, 0.5) is 0 Å². The number of hydrogen-bond donors (Lipinski definition) is 2. The van der Waals surface area contributed by atoms with E-state index in [1.807, 2.05) is 19.1 Å². The molecule has 1 heterocycles. The second-order valence-corrected chi connectivity index (χ2v) is 6.54. The smallest absolute Gasteiger partial charge is 0.165 e. The highest BCUT2D eigenvalue weighted by atomic mass is 16.5. The molecule has 0 amide bonds. The minimum Gasteiger partial charge on any atom is -0.504 e.